The van der Waals surface area contributed by atoms with Crippen molar-refractivity contribution in [3.63, 3.8) is 0 Å². The zero-order valence-electron chi connectivity index (χ0n) is 18.2. The van der Waals surface area contributed by atoms with E-state index in [1.54, 1.807) is 24.3 Å². The van der Waals surface area contributed by atoms with Gasteiger partial charge in [0.15, 0.2) is 5.65 Å². The highest BCUT2D eigenvalue weighted by atomic mass is 35.5. The molecule has 0 spiro atoms. The van der Waals surface area contributed by atoms with Crippen LogP contribution < -0.4 is 5.32 Å². The molecule has 5 rings (SSSR count). The van der Waals surface area contributed by atoms with Crippen LogP contribution in [0.1, 0.15) is 64.3 Å². The van der Waals surface area contributed by atoms with Gasteiger partial charge < -0.3 is 14.8 Å². The third kappa shape index (κ3) is 3.86. The third-order valence-corrected chi connectivity index (χ3v) is 6.53. The zero-order valence-corrected chi connectivity index (χ0v) is 18.9. The van der Waals surface area contributed by atoms with Gasteiger partial charge in [-0.15, -0.1) is 0 Å². The van der Waals surface area contributed by atoms with E-state index in [1.165, 1.54) is 6.42 Å². The van der Waals surface area contributed by atoms with Gasteiger partial charge in [-0.2, -0.15) is 0 Å². The summed E-state index contributed by atoms with van der Waals surface area (Å²) in [7, 11) is 0. The Morgan fingerprint density at radius 1 is 0.969 bits per heavy atom. The number of nitrogens with zero attached hydrogens (tertiary/aromatic N) is 4. The van der Waals surface area contributed by atoms with Crippen LogP contribution in [0.2, 0.25) is 5.02 Å². The Morgan fingerprint density at radius 2 is 1.75 bits per heavy atom. The van der Waals surface area contributed by atoms with E-state index in [2.05, 4.69) is 9.88 Å². The maximum atomic E-state index is 13.4. The van der Waals surface area contributed by atoms with Crippen LogP contribution in [-0.2, 0) is 13.0 Å². The van der Waals surface area contributed by atoms with Crippen LogP contribution in [-0.4, -0.2) is 44.3 Å². The number of nitrogens with one attached hydrogen (secondary N) is 1. The fourth-order valence-electron chi connectivity index (χ4n) is 4.67. The van der Waals surface area contributed by atoms with Gasteiger partial charge in [-0.05, 0) is 56.9 Å². The van der Waals surface area contributed by atoms with Crippen molar-refractivity contribution in [3.05, 3.63) is 51.9 Å². The Bertz CT molecular complexity index is 1210. The summed E-state index contributed by atoms with van der Waals surface area (Å²) in [6.45, 7) is 4.21. The van der Waals surface area contributed by atoms with Gasteiger partial charge in [-0.25, -0.2) is 9.97 Å². The van der Waals surface area contributed by atoms with E-state index in [4.69, 9.17) is 21.6 Å². The molecule has 7 nitrogen and oxygen atoms in total. The van der Waals surface area contributed by atoms with Crippen LogP contribution in [0.3, 0.4) is 0 Å². The van der Waals surface area contributed by atoms with Crippen molar-refractivity contribution >= 4 is 40.3 Å². The van der Waals surface area contributed by atoms with Crippen LogP contribution >= 0.6 is 11.6 Å². The minimum absolute atomic E-state index is 0.106. The molecule has 1 saturated heterocycles. The van der Waals surface area contributed by atoms with E-state index < -0.39 is 0 Å². The van der Waals surface area contributed by atoms with Crippen LogP contribution in [0.15, 0.2) is 24.3 Å². The lowest BCUT2D eigenvalue weighted by atomic mass is 10.1. The molecular formula is C24H26ClN5O2. The van der Waals surface area contributed by atoms with Gasteiger partial charge in [0.1, 0.15) is 11.3 Å². The lowest BCUT2D eigenvalue weighted by molar-refractivity contribution is 0.0794. The van der Waals surface area contributed by atoms with E-state index in [1.807, 2.05) is 11.8 Å². The van der Waals surface area contributed by atoms with Gasteiger partial charge in [0, 0.05) is 36.8 Å². The number of hydrogen-bond acceptors (Lipinski definition) is 4. The summed E-state index contributed by atoms with van der Waals surface area (Å²) >= 11 is 6.19. The number of aryl methyl sites for hydroxylation is 3. The Kier molecular flexibility index (Phi) is 5.59. The van der Waals surface area contributed by atoms with E-state index >= 15 is 0 Å². The normalized spacial score (nSPS) is 16.1. The zero-order chi connectivity index (χ0) is 22.2. The van der Waals surface area contributed by atoms with Crippen molar-refractivity contribution in [2.24, 2.45) is 0 Å². The fourth-order valence-corrected chi connectivity index (χ4v) is 4.84. The van der Waals surface area contributed by atoms with E-state index in [9.17, 15) is 9.59 Å². The van der Waals surface area contributed by atoms with Crippen molar-refractivity contribution in [1.29, 1.82) is 0 Å². The number of pyridine rings is 1. The van der Waals surface area contributed by atoms with Gasteiger partial charge in [-0.3, -0.25) is 9.59 Å². The molecule has 4 heterocycles. The van der Waals surface area contributed by atoms with Crippen LogP contribution in [0, 0.1) is 6.92 Å². The summed E-state index contributed by atoms with van der Waals surface area (Å²) < 4.78 is 2.15. The van der Waals surface area contributed by atoms with Crippen LogP contribution in [0.4, 0.5) is 5.69 Å². The molecule has 2 aliphatic heterocycles. The first-order chi connectivity index (χ1) is 15.5. The largest absolute Gasteiger partial charge is 0.339 e. The van der Waals surface area contributed by atoms with Crippen molar-refractivity contribution < 1.29 is 9.59 Å². The predicted molar refractivity (Wildman–Crippen MR) is 124 cm³/mol. The highest BCUT2D eigenvalue weighted by molar-refractivity contribution is 6.31. The number of halogens is 1. The summed E-state index contributed by atoms with van der Waals surface area (Å²) in [6.07, 6.45) is 6.23. The molecule has 0 atom stereocenters. The second-order valence-corrected chi connectivity index (χ2v) is 9.05. The SMILES string of the molecule is Cc1cc(C(=O)Nc2ccc(Cl)cc2C(=O)N2CCCC2)c2nc3n(c2n1)CCCCC3. The number of carbonyl (C=O) groups excluding carboxylic acids is 2. The molecule has 8 heteroatoms. The molecule has 1 N–H and O–H groups in total. The minimum Gasteiger partial charge on any atom is -0.339 e. The van der Waals surface area contributed by atoms with E-state index in [-0.39, 0.29) is 11.8 Å². The molecule has 2 aromatic heterocycles. The first kappa shape index (κ1) is 20.9. The van der Waals surface area contributed by atoms with Gasteiger partial charge in [0.25, 0.3) is 11.8 Å². The Balaban J connectivity index is 1.51. The van der Waals surface area contributed by atoms with Gasteiger partial charge >= 0.3 is 0 Å². The summed E-state index contributed by atoms with van der Waals surface area (Å²) in [5.41, 5.74) is 3.49. The van der Waals surface area contributed by atoms with Crippen LogP contribution in [0.25, 0.3) is 11.2 Å². The average molecular weight is 452 g/mol. The number of carbonyl (C=O) groups is 2. The Morgan fingerprint density at radius 3 is 2.56 bits per heavy atom. The maximum absolute atomic E-state index is 13.4. The number of likely N-dealkylation sites (tertiary alicyclic amines) is 1. The summed E-state index contributed by atoms with van der Waals surface area (Å²) in [5, 5.41) is 3.41. The number of rotatable bonds is 3. The van der Waals surface area contributed by atoms with Crippen molar-refractivity contribution in [1.82, 2.24) is 19.4 Å². The summed E-state index contributed by atoms with van der Waals surface area (Å²) in [6, 6.07) is 6.77. The number of imidazole rings is 1. The molecular weight excluding hydrogens is 426 g/mol. The Labute approximate surface area is 191 Å². The quantitative estimate of drug-likeness (QED) is 0.630. The third-order valence-electron chi connectivity index (χ3n) is 6.29. The molecule has 1 fully saturated rings. The van der Waals surface area contributed by atoms with Gasteiger partial charge in [0.2, 0.25) is 0 Å². The molecule has 2 amide bonds. The molecule has 0 unspecified atom stereocenters. The van der Waals surface area contributed by atoms with Crippen molar-refractivity contribution in [3.8, 4) is 0 Å². The minimum atomic E-state index is -0.299. The molecule has 32 heavy (non-hydrogen) atoms. The monoisotopic (exact) mass is 451 g/mol. The molecule has 0 radical (unpaired) electrons. The van der Waals surface area contributed by atoms with Crippen molar-refractivity contribution in [2.75, 3.05) is 18.4 Å². The predicted octanol–water partition coefficient (Wildman–Crippen LogP) is 4.61. The van der Waals surface area contributed by atoms with E-state index in [0.29, 0.717) is 27.4 Å². The maximum Gasteiger partial charge on any atom is 0.258 e. The molecule has 1 aromatic carbocycles. The topological polar surface area (TPSA) is 80.1 Å². The second-order valence-electron chi connectivity index (χ2n) is 8.62. The fraction of sp³-hybridized carbons (Fsp3) is 0.417. The molecule has 166 valence electrons. The standard InChI is InChI=1S/C24H26ClN5O2/c1-15-13-18(21-22(26-15)30-12-4-2-3-7-20(30)28-21)23(31)27-19-9-8-16(25)14-17(19)24(32)29-10-5-6-11-29/h8-9,13-14H,2-7,10-12H2,1H3,(H,27,31). The number of hydrogen-bond donors (Lipinski definition) is 1. The lowest BCUT2D eigenvalue weighted by Gasteiger charge is -2.18. The molecule has 0 saturated carbocycles. The first-order valence-corrected chi connectivity index (χ1v) is 11.7. The highest BCUT2D eigenvalue weighted by Gasteiger charge is 2.25. The van der Waals surface area contributed by atoms with Gasteiger partial charge in [-0.1, -0.05) is 18.0 Å². The number of fused-ring (bicyclic) bond motifs is 3. The average Bonchev–Trinajstić information content (AvgIpc) is 3.36. The first-order valence-electron chi connectivity index (χ1n) is 11.3. The summed E-state index contributed by atoms with van der Waals surface area (Å²) in [4.78, 5) is 37.8. The highest BCUT2D eigenvalue weighted by Crippen LogP contribution is 2.27. The molecule has 3 aromatic rings. The lowest BCUT2D eigenvalue weighted by Crippen LogP contribution is -2.29. The molecule has 0 aliphatic carbocycles. The van der Waals surface area contributed by atoms with Crippen molar-refractivity contribution in [2.45, 2.75) is 52.0 Å². The number of benzene rings is 1. The second kappa shape index (κ2) is 8.54. The van der Waals surface area contributed by atoms with Gasteiger partial charge in [0.05, 0.1) is 16.8 Å². The summed E-state index contributed by atoms with van der Waals surface area (Å²) in [5.74, 6) is 0.581. The Hall–Kier alpha value is -2.93. The number of anilines is 1. The number of aromatic nitrogens is 3. The molecule has 2 aliphatic rings. The van der Waals surface area contributed by atoms with E-state index in [0.717, 1.165) is 68.9 Å². The molecule has 0 bridgehead atoms. The van der Waals surface area contributed by atoms with Crippen LogP contribution in [0.5, 0.6) is 0 Å². The smallest absolute Gasteiger partial charge is 0.258 e. The number of amides is 2.